The van der Waals surface area contributed by atoms with Crippen LogP contribution < -0.4 is 5.73 Å². The van der Waals surface area contributed by atoms with Gasteiger partial charge in [-0.3, -0.25) is 0 Å². The number of nitrogens with zero attached hydrogens (tertiary/aromatic N) is 2. The highest BCUT2D eigenvalue weighted by atomic mass is 127. The molecule has 2 atom stereocenters. The Bertz CT molecular complexity index is 422. The number of hydrogen-bond acceptors (Lipinski definition) is 4. The van der Waals surface area contributed by atoms with Crippen LogP contribution in [0.2, 0.25) is 0 Å². The molecule has 1 aliphatic rings. The van der Waals surface area contributed by atoms with Gasteiger partial charge in [0.05, 0.1) is 15.4 Å². The van der Waals surface area contributed by atoms with Gasteiger partial charge in [-0.2, -0.15) is 0 Å². The van der Waals surface area contributed by atoms with Gasteiger partial charge >= 0.3 is 0 Å². The van der Waals surface area contributed by atoms with E-state index in [1.165, 1.54) is 0 Å². The van der Waals surface area contributed by atoms with Gasteiger partial charge in [0.15, 0.2) is 5.82 Å². The van der Waals surface area contributed by atoms with Gasteiger partial charge in [0, 0.05) is 0 Å². The zero-order chi connectivity index (χ0) is 12.6. The summed E-state index contributed by atoms with van der Waals surface area (Å²) in [5, 5.41) is 0. The van der Waals surface area contributed by atoms with Crippen molar-refractivity contribution in [3.63, 3.8) is 0 Å². The van der Waals surface area contributed by atoms with E-state index < -0.39 is 0 Å². The van der Waals surface area contributed by atoms with Crippen LogP contribution in [0.15, 0.2) is 0 Å². The Hall–Kier alpha value is -0.430. The Labute approximate surface area is 115 Å². The van der Waals surface area contributed by atoms with Crippen LogP contribution >= 0.6 is 22.6 Å². The summed E-state index contributed by atoms with van der Waals surface area (Å²) >= 11 is 2.21. The van der Waals surface area contributed by atoms with Crippen molar-refractivity contribution in [2.75, 3.05) is 5.73 Å². The fourth-order valence-corrected chi connectivity index (χ4v) is 2.88. The molecular formula is C12H18IN3O. The van der Waals surface area contributed by atoms with Crippen molar-refractivity contribution >= 4 is 28.4 Å². The lowest BCUT2D eigenvalue weighted by Gasteiger charge is -2.15. The molecule has 2 rings (SSSR count). The molecule has 1 aromatic rings. The highest BCUT2D eigenvalue weighted by molar-refractivity contribution is 14.1. The first kappa shape index (κ1) is 13.0. The van der Waals surface area contributed by atoms with Crippen LogP contribution in [-0.2, 0) is 4.74 Å². The summed E-state index contributed by atoms with van der Waals surface area (Å²) in [7, 11) is 0. The van der Waals surface area contributed by atoms with Crippen molar-refractivity contribution in [1.29, 1.82) is 0 Å². The molecule has 2 unspecified atom stereocenters. The van der Waals surface area contributed by atoms with E-state index >= 15 is 0 Å². The lowest BCUT2D eigenvalue weighted by Crippen LogP contribution is -2.12. The molecule has 0 aromatic carbocycles. The summed E-state index contributed by atoms with van der Waals surface area (Å²) in [6.45, 7) is 6.32. The number of nitrogen functional groups attached to an aromatic ring is 1. The molecule has 0 aliphatic carbocycles. The standard InChI is InChI=1S/C12H18IN3O/c1-6(2)10-9(13)11(14)16-12(15-10)8-5-4-7(3)17-8/h6-8H,4-5H2,1-3H3,(H2,14,15,16). The summed E-state index contributed by atoms with van der Waals surface area (Å²) in [6, 6.07) is 0. The average Bonchev–Trinajstić information content (AvgIpc) is 2.68. The highest BCUT2D eigenvalue weighted by Gasteiger charge is 2.27. The molecule has 0 amide bonds. The monoisotopic (exact) mass is 347 g/mol. The normalized spacial score (nSPS) is 24.5. The van der Waals surface area contributed by atoms with E-state index in [9.17, 15) is 0 Å². The first-order valence-electron chi connectivity index (χ1n) is 5.97. The number of ether oxygens (including phenoxy) is 1. The summed E-state index contributed by atoms with van der Waals surface area (Å²) in [6.07, 6.45) is 2.36. The van der Waals surface area contributed by atoms with Crippen LogP contribution in [0.4, 0.5) is 5.82 Å². The third kappa shape index (κ3) is 2.70. The van der Waals surface area contributed by atoms with Crippen LogP contribution in [0.5, 0.6) is 0 Å². The highest BCUT2D eigenvalue weighted by Crippen LogP contribution is 2.33. The number of nitrogens with two attached hydrogens (primary N) is 1. The average molecular weight is 347 g/mol. The Morgan fingerprint density at radius 2 is 2.06 bits per heavy atom. The second kappa shape index (κ2) is 5.06. The maximum Gasteiger partial charge on any atom is 0.159 e. The van der Waals surface area contributed by atoms with E-state index in [0.717, 1.165) is 27.9 Å². The Morgan fingerprint density at radius 1 is 1.35 bits per heavy atom. The molecule has 2 N–H and O–H groups in total. The summed E-state index contributed by atoms with van der Waals surface area (Å²) < 4.78 is 6.76. The lowest BCUT2D eigenvalue weighted by molar-refractivity contribution is 0.0502. The number of hydrogen-bond donors (Lipinski definition) is 1. The Morgan fingerprint density at radius 3 is 2.59 bits per heavy atom. The van der Waals surface area contributed by atoms with Crippen LogP contribution in [0.25, 0.3) is 0 Å². The molecule has 1 saturated heterocycles. The third-order valence-electron chi connectivity index (χ3n) is 2.99. The van der Waals surface area contributed by atoms with Gasteiger partial charge in [-0.15, -0.1) is 0 Å². The molecular weight excluding hydrogens is 329 g/mol. The van der Waals surface area contributed by atoms with Crippen LogP contribution in [0.3, 0.4) is 0 Å². The number of halogens is 1. The molecule has 0 saturated carbocycles. The van der Waals surface area contributed by atoms with E-state index in [-0.39, 0.29) is 6.10 Å². The maximum atomic E-state index is 5.95. The van der Waals surface area contributed by atoms with Gasteiger partial charge in [-0.25, -0.2) is 9.97 Å². The van der Waals surface area contributed by atoms with Crippen molar-refractivity contribution in [2.45, 2.75) is 51.7 Å². The minimum Gasteiger partial charge on any atom is -0.383 e. The maximum absolute atomic E-state index is 5.95. The van der Waals surface area contributed by atoms with Gasteiger partial charge in [0.2, 0.25) is 0 Å². The molecule has 4 nitrogen and oxygen atoms in total. The Kier molecular flexibility index (Phi) is 3.87. The fourth-order valence-electron chi connectivity index (χ4n) is 2.02. The predicted octanol–water partition coefficient (Wildman–Crippen LogP) is 3.03. The van der Waals surface area contributed by atoms with Gasteiger partial charge in [-0.1, -0.05) is 13.8 Å². The Balaban J connectivity index is 2.35. The van der Waals surface area contributed by atoms with Gasteiger partial charge in [0.25, 0.3) is 0 Å². The minimum absolute atomic E-state index is 0.0156. The van der Waals surface area contributed by atoms with E-state index in [0.29, 0.717) is 17.8 Å². The minimum atomic E-state index is 0.0156. The van der Waals surface area contributed by atoms with Crippen LogP contribution in [-0.4, -0.2) is 16.1 Å². The number of rotatable bonds is 2. The number of aromatic nitrogens is 2. The smallest absolute Gasteiger partial charge is 0.159 e. The van der Waals surface area contributed by atoms with Crippen molar-refractivity contribution in [2.24, 2.45) is 0 Å². The molecule has 1 aromatic heterocycles. The van der Waals surface area contributed by atoms with Gasteiger partial charge < -0.3 is 10.5 Å². The molecule has 0 spiro atoms. The molecule has 17 heavy (non-hydrogen) atoms. The summed E-state index contributed by atoms with van der Waals surface area (Å²) in [5.74, 6) is 1.67. The van der Waals surface area contributed by atoms with Crippen LogP contribution in [0.1, 0.15) is 57.2 Å². The van der Waals surface area contributed by atoms with Crippen molar-refractivity contribution in [1.82, 2.24) is 9.97 Å². The van der Waals surface area contributed by atoms with Crippen molar-refractivity contribution in [3.05, 3.63) is 15.1 Å². The van der Waals surface area contributed by atoms with E-state index in [4.69, 9.17) is 10.5 Å². The molecule has 5 heteroatoms. The first-order chi connectivity index (χ1) is 7.99. The molecule has 2 heterocycles. The molecule has 0 radical (unpaired) electrons. The topological polar surface area (TPSA) is 61.0 Å². The zero-order valence-electron chi connectivity index (χ0n) is 10.4. The van der Waals surface area contributed by atoms with Gasteiger partial charge in [0.1, 0.15) is 11.9 Å². The van der Waals surface area contributed by atoms with Crippen LogP contribution in [0, 0.1) is 3.57 Å². The van der Waals surface area contributed by atoms with Crippen molar-refractivity contribution < 1.29 is 4.74 Å². The van der Waals surface area contributed by atoms with E-state index in [1.54, 1.807) is 0 Å². The third-order valence-corrected chi connectivity index (χ3v) is 4.09. The van der Waals surface area contributed by atoms with Gasteiger partial charge in [-0.05, 0) is 48.3 Å². The predicted molar refractivity (Wildman–Crippen MR) is 75.8 cm³/mol. The summed E-state index contributed by atoms with van der Waals surface area (Å²) in [5.41, 5.74) is 6.97. The summed E-state index contributed by atoms with van der Waals surface area (Å²) in [4.78, 5) is 8.99. The molecule has 1 fully saturated rings. The van der Waals surface area contributed by atoms with Crippen molar-refractivity contribution in [3.8, 4) is 0 Å². The lowest BCUT2D eigenvalue weighted by atomic mass is 10.1. The number of anilines is 1. The molecule has 1 aliphatic heterocycles. The second-order valence-electron chi connectivity index (χ2n) is 4.83. The zero-order valence-corrected chi connectivity index (χ0v) is 12.6. The first-order valence-corrected chi connectivity index (χ1v) is 7.05. The second-order valence-corrected chi connectivity index (χ2v) is 5.91. The molecule has 0 bridgehead atoms. The quantitative estimate of drug-likeness (QED) is 0.836. The SMILES string of the molecule is CC1CCC(c2nc(N)c(I)c(C(C)C)n2)O1. The fraction of sp³-hybridized carbons (Fsp3) is 0.667. The largest absolute Gasteiger partial charge is 0.383 e. The van der Waals surface area contributed by atoms with E-state index in [1.807, 2.05) is 0 Å². The van der Waals surface area contributed by atoms with E-state index in [2.05, 4.69) is 53.3 Å². The molecule has 94 valence electrons.